The van der Waals surface area contributed by atoms with Crippen molar-refractivity contribution >= 4 is 28.4 Å². The number of anilines is 1. The monoisotopic (exact) mass is 556 g/mol. The van der Waals surface area contributed by atoms with Crippen LogP contribution in [0.4, 0.5) is 5.82 Å². The Morgan fingerprint density at radius 2 is 1.73 bits per heavy atom. The van der Waals surface area contributed by atoms with Crippen molar-refractivity contribution < 1.29 is 23.8 Å². The summed E-state index contributed by atoms with van der Waals surface area (Å²) in [6, 6.07) is 9.89. The van der Waals surface area contributed by atoms with Gasteiger partial charge in [0.1, 0.15) is 22.9 Å². The first-order valence-electron chi connectivity index (χ1n) is 13.7. The minimum absolute atomic E-state index is 0.0423. The second kappa shape index (κ2) is 11.8. The van der Waals surface area contributed by atoms with E-state index in [1.807, 2.05) is 13.8 Å². The zero-order chi connectivity index (χ0) is 29.1. The summed E-state index contributed by atoms with van der Waals surface area (Å²) in [7, 11) is 3.12. The van der Waals surface area contributed by atoms with Crippen LogP contribution < -0.4 is 25.1 Å². The molecule has 0 spiro atoms. The van der Waals surface area contributed by atoms with E-state index < -0.39 is 5.91 Å². The number of nitrogens with one attached hydrogen (secondary N) is 1. The quantitative estimate of drug-likeness (QED) is 0.277. The van der Waals surface area contributed by atoms with Gasteiger partial charge >= 0.3 is 0 Å². The minimum atomic E-state index is -0.613. The van der Waals surface area contributed by atoms with Crippen LogP contribution in [0.15, 0.2) is 53.6 Å². The van der Waals surface area contributed by atoms with Gasteiger partial charge in [0.2, 0.25) is 0 Å². The minimum Gasteiger partial charge on any atom is -0.493 e. The molecule has 3 heterocycles. The van der Waals surface area contributed by atoms with E-state index in [0.717, 1.165) is 23.9 Å². The van der Waals surface area contributed by atoms with Crippen LogP contribution in [0, 0.1) is 0 Å². The first-order chi connectivity index (χ1) is 19.9. The molecule has 5 rings (SSSR count). The van der Waals surface area contributed by atoms with E-state index in [1.54, 1.807) is 55.3 Å². The van der Waals surface area contributed by atoms with Crippen LogP contribution >= 0.6 is 0 Å². The van der Waals surface area contributed by atoms with Gasteiger partial charge in [-0.25, -0.2) is 4.98 Å². The second-order valence-corrected chi connectivity index (χ2v) is 9.81. The van der Waals surface area contributed by atoms with Gasteiger partial charge in [-0.3, -0.25) is 19.4 Å². The Kier molecular flexibility index (Phi) is 8.00. The van der Waals surface area contributed by atoms with Crippen LogP contribution in [0.25, 0.3) is 10.9 Å². The van der Waals surface area contributed by atoms with Crippen molar-refractivity contribution in [1.82, 2.24) is 14.5 Å². The topological polar surface area (TPSA) is 122 Å². The Bertz CT molecular complexity index is 1680. The number of Topliss-reactive ketones (excluding diaryl/α,β-unsaturated/α-hetero) is 1. The molecule has 0 radical (unpaired) electrons. The molecule has 0 fully saturated rings. The number of fused-ring (bicyclic) bond motifs is 2. The number of hydrogen-bond acceptors (Lipinski definition) is 8. The number of pyridine rings is 3. The zero-order valence-corrected chi connectivity index (χ0v) is 23.5. The van der Waals surface area contributed by atoms with E-state index in [1.165, 1.54) is 12.3 Å². The maximum atomic E-state index is 13.5. The fourth-order valence-corrected chi connectivity index (χ4v) is 5.28. The summed E-state index contributed by atoms with van der Waals surface area (Å²) in [5.41, 5.74) is 1.40. The molecule has 0 aliphatic heterocycles. The van der Waals surface area contributed by atoms with Gasteiger partial charge in [-0.2, -0.15) is 0 Å². The van der Waals surface area contributed by atoms with Gasteiger partial charge in [0.05, 0.1) is 25.9 Å². The van der Waals surface area contributed by atoms with Crippen LogP contribution in [0.5, 0.6) is 23.0 Å². The number of hydrogen-bond donors (Lipinski definition) is 1. The van der Waals surface area contributed by atoms with Gasteiger partial charge in [-0.1, -0.05) is 13.8 Å². The first-order valence-corrected chi connectivity index (χ1v) is 13.7. The summed E-state index contributed by atoms with van der Waals surface area (Å²) < 4.78 is 18.5. The number of carbonyl (C=O) groups is 2. The summed E-state index contributed by atoms with van der Waals surface area (Å²) in [5, 5.41) is 3.42. The predicted molar refractivity (Wildman–Crippen MR) is 155 cm³/mol. The third-order valence-corrected chi connectivity index (χ3v) is 7.42. The summed E-state index contributed by atoms with van der Waals surface area (Å²) in [5.74, 6) is 1.65. The second-order valence-electron chi connectivity index (χ2n) is 9.81. The molecule has 0 saturated carbocycles. The molecule has 10 heteroatoms. The summed E-state index contributed by atoms with van der Waals surface area (Å²) >= 11 is 0. The lowest BCUT2D eigenvalue weighted by atomic mass is 9.92. The highest BCUT2D eigenvalue weighted by atomic mass is 16.5. The van der Waals surface area contributed by atoms with Crippen molar-refractivity contribution in [3.63, 3.8) is 0 Å². The molecule has 0 atom stereocenters. The van der Waals surface area contributed by atoms with Crippen LogP contribution in [-0.2, 0) is 6.42 Å². The van der Waals surface area contributed by atoms with Crippen LogP contribution in [0.3, 0.4) is 0 Å². The molecule has 0 saturated heterocycles. The highest BCUT2D eigenvalue weighted by Gasteiger charge is 2.28. The summed E-state index contributed by atoms with van der Waals surface area (Å²) in [6.07, 6.45) is 6.30. The first kappa shape index (κ1) is 27.8. The zero-order valence-electron chi connectivity index (χ0n) is 23.5. The van der Waals surface area contributed by atoms with Gasteiger partial charge < -0.3 is 24.1 Å². The van der Waals surface area contributed by atoms with Crippen molar-refractivity contribution in [3.05, 3.63) is 76.0 Å². The van der Waals surface area contributed by atoms with E-state index >= 15 is 0 Å². The number of amides is 1. The lowest BCUT2D eigenvalue weighted by molar-refractivity contribution is 0.0969. The smallest absolute Gasteiger partial charge is 0.263 e. The van der Waals surface area contributed by atoms with Gasteiger partial charge in [0, 0.05) is 41.4 Å². The number of ether oxygens (including phenoxy) is 3. The lowest BCUT2D eigenvalue weighted by Gasteiger charge is -2.26. The molecule has 1 N–H and O–H groups in total. The number of carbonyl (C=O) groups excluding carboxylic acids is 2. The average molecular weight is 557 g/mol. The molecular formula is C31H32N4O6. The van der Waals surface area contributed by atoms with Gasteiger partial charge in [0.25, 0.3) is 11.5 Å². The summed E-state index contributed by atoms with van der Waals surface area (Å²) in [6.45, 7) is 4.00. The van der Waals surface area contributed by atoms with Crippen LogP contribution in [-0.4, -0.2) is 40.4 Å². The average Bonchev–Trinajstić information content (AvgIpc) is 2.99. The fraction of sp³-hybridized carbons (Fsp3) is 0.323. The highest BCUT2D eigenvalue weighted by Crippen LogP contribution is 2.37. The number of aromatic nitrogens is 3. The number of benzene rings is 1. The maximum absolute atomic E-state index is 13.5. The Morgan fingerprint density at radius 3 is 2.41 bits per heavy atom. The molecule has 1 aliphatic carbocycles. The molecular weight excluding hydrogens is 524 g/mol. The Morgan fingerprint density at radius 1 is 0.976 bits per heavy atom. The van der Waals surface area contributed by atoms with E-state index in [2.05, 4.69) is 15.3 Å². The van der Waals surface area contributed by atoms with Gasteiger partial charge in [-0.15, -0.1) is 0 Å². The van der Waals surface area contributed by atoms with E-state index in [-0.39, 0.29) is 28.8 Å². The molecule has 1 aliphatic rings. The van der Waals surface area contributed by atoms with E-state index in [0.29, 0.717) is 53.3 Å². The predicted octanol–water partition coefficient (Wildman–Crippen LogP) is 5.73. The SMILES string of the molecule is CCC(CC)n1c2c(cc(C(=O)Nc3ccc(Oc4ccnc5cc(OC)c(OC)cc45)cn3)c1=O)C(=O)CCC2. The molecule has 0 bridgehead atoms. The maximum Gasteiger partial charge on any atom is 0.263 e. The summed E-state index contributed by atoms with van der Waals surface area (Å²) in [4.78, 5) is 48.2. The standard InChI is InChI=1S/C31H32N4O6/c1-5-18(6-2)35-24-8-7-9-25(36)21(24)14-22(31(35)38)30(37)34-29-11-10-19(17-33-29)41-26-12-13-32-23-16-28(40-4)27(39-3)15-20(23)26/h10-18H,5-9H2,1-4H3,(H,33,34,37). The Balaban J connectivity index is 1.40. The lowest BCUT2D eigenvalue weighted by Crippen LogP contribution is -2.36. The fourth-order valence-electron chi connectivity index (χ4n) is 5.28. The Labute approximate surface area is 237 Å². The molecule has 4 aromatic rings. The number of rotatable bonds is 9. The Hall–Kier alpha value is -4.73. The third-order valence-electron chi connectivity index (χ3n) is 7.42. The van der Waals surface area contributed by atoms with Crippen LogP contribution in [0.2, 0.25) is 0 Å². The normalized spacial score (nSPS) is 12.8. The van der Waals surface area contributed by atoms with Crippen molar-refractivity contribution in [1.29, 1.82) is 0 Å². The van der Waals surface area contributed by atoms with Crippen molar-refractivity contribution in [3.8, 4) is 23.0 Å². The molecule has 41 heavy (non-hydrogen) atoms. The van der Waals surface area contributed by atoms with Crippen LogP contribution in [0.1, 0.15) is 72.0 Å². The van der Waals surface area contributed by atoms with E-state index in [9.17, 15) is 14.4 Å². The molecule has 3 aromatic heterocycles. The molecule has 212 valence electrons. The number of methoxy groups -OCH3 is 2. The molecule has 0 unspecified atom stereocenters. The molecule has 1 amide bonds. The van der Waals surface area contributed by atoms with Gasteiger partial charge in [-0.05, 0) is 56.0 Å². The van der Waals surface area contributed by atoms with Crippen molar-refractivity contribution in [2.45, 2.75) is 52.0 Å². The highest BCUT2D eigenvalue weighted by molar-refractivity contribution is 6.06. The molecule has 1 aromatic carbocycles. The van der Waals surface area contributed by atoms with Gasteiger partial charge in [0.15, 0.2) is 17.3 Å². The number of nitrogens with zero attached hydrogens (tertiary/aromatic N) is 3. The largest absolute Gasteiger partial charge is 0.493 e. The van der Waals surface area contributed by atoms with Crippen molar-refractivity contribution in [2.75, 3.05) is 19.5 Å². The third kappa shape index (κ3) is 5.37. The number of ketones is 1. The molecule has 10 nitrogen and oxygen atoms in total. The van der Waals surface area contributed by atoms with E-state index in [4.69, 9.17) is 14.2 Å². The van der Waals surface area contributed by atoms with Crippen molar-refractivity contribution in [2.24, 2.45) is 0 Å².